The first-order valence-corrected chi connectivity index (χ1v) is 10.3. The van der Waals surface area contributed by atoms with Gasteiger partial charge < -0.3 is 4.42 Å². The maximum Gasteiger partial charge on any atom is 0.280 e. The third kappa shape index (κ3) is 4.29. The van der Waals surface area contributed by atoms with Gasteiger partial charge in [-0.2, -0.15) is 5.26 Å². The fraction of sp³-hybridized carbons (Fsp3) is 0.0833. The number of rotatable bonds is 5. The molecule has 0 amide bonds. The molecule has 2 heterocycles. The summed E-state index contributed by atoms with van der Waals surface area (Å²) in [4.78, 5) is 15.6. The van der Waals surface area contributed by atoms with Crippen LogP contribution in [0.1, 0.15) is 21.9 Å². The lowest BCUT2D eigenvalue weighted by Crippen LogP contribution is -1.92. The highest BCUT2D eigenvalue weighted by Gasteiger charge is 2.18. The Balaban J connectivity index is 1.65. The number of allylic oxidation sites excluding steroid dienone is 1. The molecule has 0 bridgehead atoms. The molecule has 4 aromatic rings. The number of hydrogen-bond donors (Lipinski definition) is 0. The number of aryl methyl sites for hydroxylation is 2. The lowest BCUT2D eigenvalue weighted by molar-refractivity contribution is -0.384. The van der Waals surface area contributed by atoms with E-state index in [1.807, 2.05) is 36.6 Å². The second-order valence-corrected chi connectivity index (χ2v) is 7.91. The topological polar surface area (TPSA) is 93.0 Å². The Kier molecular flexibility index (Phi) is 5.48. The van der Waals surface area contributed by atoms with Crippen LogP contribution in [0.5, 0.6) is 0 Å². The fourth-order valence-corrected chi connectivity index (χ4v) is 3.91. The minimum atomic E-state index is -0.427. The molecule has 0 atom stereocenters. The summed E-state index contributed by atoms with van der Waals surface area (Å²) in [6.45, 7) is 3.82. The molecule has 4 rings (SSSR count). The van der Waals surface area contributed by atoms with Crippen LogP contribution >= 0.6 is 11.3 Å². The van der Waals surface area contributed by atoms with E-state index in [2.05, 4.69) is 11.1 Å². The Morgan fingerprint density at radius 3 is 2.58 bits per heavy atom. The van der Waals surface area contributed by atoms with Gasteiger partial charge in [0.05, 0.1) is 21.8 Å². The molecule has 0 saturated heterocycles. The summed E-state index contributed by atoms with van der Waals surface area (Å²) in [5.41, 5.74) is 4.48. The lowest BCUT2D eigenvalue weighted by Gasteiger charge is -2.01. The van der Waals surface area contributed by atoms with Crippen LogP contribution in [-0.2, 0) is 0 Å². The van der Waals surface area contributed by atoms with Crippen LogP contribution in [0.15, 0.2) is 64.4 Å². The number of benzene rings is 2. The minimum absolute atomic E-state index is 0.0203. The largest absolute Gasteiger partial charge is 0.456 e. The fourth-order valence-electron chi connectivity index (χ4n) is 3.11. The highest BCUT2D eigenvalue weighted by atomic mass is 32.1. The lowest BCUT2D eigenvalue weighted by atomic mass is 10.1. The summed E-state index contributed by atoms with van der Waals surface area (Å²) in [6, 6.07) is 18.5. The van der Waals surface area contributed by atoms with Crippen molar-refractivity contribution in [2.45, 2.75) is 13.8 Å². The minimum Gasteiger partial charge on any atom is -0.456 e. The van der Waals surface area contributed by atoms with Gasteiger partial charge in [-0.05, 0) is 37.6 Å². The molecule has 2 aromatic carbocycles. The van der Waals surface area contributed by atoms with Gasteiger partial charge in [0.1, 0.15) is 22.6 Å². The van der Waals surface area contributed by atoms with Gasteiger partial charge >= 0.3 is 0 Å². The first-order valence-electron chi connectivity index (χ1n) is 9.44. The number of nitro groups is 1. The normalized spacial score (nSPS) is 11.3. The summed E-state index contributed by atoms with van der Waals surface area (Å²) in [6.07, 6.45) is 1.60. The summed E-state index contributed by atoms with van der Waals surface area (Å²) in [5, 5.41) is 23.5. The van der Waals surface area contributed by atoms with Crippen molar-refractivity contribution < 1.29 is 9.34 Å². The van der Waals surface area contributed by atoms with Crippen molar-refractivity contribution in [2.75, 3.05) is 0 Å². The Morgan fingerprint density at radius 2 is 1.87 bits per heavy atom. The molecule has 2 aromatic heterocycles. The molecule has 6 nitrogen and oxygen atoms in total. The molecular formula is C24H17N3O3S. The molecule has 152 valence electrons. The maximum atomic E-state index is 11.4. The van der Waals surface area contributed by atoms with Crippen molar-refractivity contribution in [3.63, 3.8) is 0 Å². The highest BCUT2D eigenvalue weighted by molar-refractivity contribution is 7.11. The zero-order valence-electron chi connectivity index (χ0n) is 16.8. The number of aromatic nitrogens is 1. The van der Waals surface area contributed by atoms with E-state index in [0.29, 0.717) is 27.7 Å². The van der Waals surface area contributed by atoms with Crippen LogP contribution < -0.4 is 0 Å². The molecule has 0 spiro atoms. The summed E-state index contributed by atoms with van der Waals surface area (Å²) in [5.74, 6) is 0.795. The first-order chi connectivity index (χ1) is 14.9. The van der Waals surface area contributed by atoms with E-state index in [0.717, 1.165) is 16.8 Å². The second-order valence-electron chi connectivity index (χ2n) is 7.05. The van der Waals surface area contributed by atoms with Gasteiger partial charge in [-0.15, -0.1) is 11.3 Å². The summed E-state index contributed by atoms with van der Waals surface area (Å²) < 4.78 is 5.80. The SMILES string of the molecule is Cc1ccc(-c2csc(C(C#N)=Cc3ccc(-c4ccc(C)cc4[N+](=O)[O-])o3)n2)cc1. The molecule has 0 radical (unpaired) electrons. The smallest absolute Gasteiger partial charge is 0.280 e. The van der Waals surface area contributed by atoms with Gasteiger partial charge in [-0.3, -0.25) is 10.1 Å². The van der Waals surface area contributed by atoms with E-state index >= 15 is 0 Å². The van der Waals surface area contributed by atoms with Crippen molar-refractivity contribution in [3.05, 3.63) is 92.0 Å². The molecule has 0 saturated carbocycles. The highest BCUT2D eigenvalue weighted by Crippen LogP contribution is 2.33. The first kappa shape index (κ1) is 20.3. The number of nitrogens with zero attached hydrogens (tertiary/aromatic N) is 3. The van der Waals surface area contributed by atoms with Crippen molar-refractivity contribution in [1.82, 2.24) is 4.98 Å². The summed E-state index contributed by atoms with van der Waals surface area (Å²) >= 11 is 1.38. The molecule has 7 heteroatoms. The van der Waals surface area contributed by atoms with Gasteiger partial charge in [-0.1, -0.05) is 35.9 Å². The van der Waals surface area contributed by atoms with Crippen molar-refractivity contribution in [2.24, 2.45) is 0 Å². The van der Waals surface area contributed by atoms with E-state index in [4.69, 9.17) is 4.42 Å². The van der Waals surface area contributed by atoms with Gasteiger partial charge in [0, 0.05) is 23.1 Å². The van der Waals surface area contributed by atoms with Gasteiger partial charge in [0.25, 0.3) is 5.69 Å². The van der Waals surface area contributed by atoms with Crippen molar-refractivity contribution >= 4 is 28.7 Å². The van der Waals surface area contributed by atoms with E-state index < -0.39 is 4.92 Å². The van der Waals surface area contributed by atoms with Gasteiger partial charge in [0.2, 0.25) is 0 Å². The standard InChI is InChI=1S/C24H17N3O3S/c1-15-3-6-17(7-4-15)21-14-31-24(26-21)18(13-25)12-19-8-10-23(30-19)20-9-5-16(2)11-22(20)27(28)29/h3-12,14H,1-2H3. The van der Waals surface area contributed by atoms with Crippen LogP contribution in [-0.4, -0.2) is 9.91 Å². The Bertz CT molecular complexity index is 1340. The Labute approximate surface area is 182 Å². The molecule has 31 heavy (non-hydrogen) atoms. The quantitative estimate of drug-likeness (QED) is 0.202. The van der Waals surface area contributed by atoms with E-state index in [9.17, 15) is 15.4 Å². The molecular weight excluding hydrogens is 410 g/mol. The van der Waals surface area contributed by atoms with Gasteiger partial charge in [-0.25, -0.2) is 4.98 Å². The maximum absolute atomic E-state index is 11.4. The van der Waals surface area contributed by atoms with Crippen LogP contribution in [0, 0.1) is 35.3 Å². The monoisotopic (exact) mass is 427 g/mol. The van der Waals surface area contributed by atoms with Crippen molar-refractivity contribution in [1.29, 1.82) is 5.26 Å². The van der Waals surface area contributed by atoms with Crippen molar-refractivity contribution in [3.8, 4) is 28.7 Å². The zero-order chi connectivity index (χ0) is 22.0. The molecule has 0 unspecified atom stereocenters. The van der Waals surface area contributed by atoms with Crippen LogP contribution in [0.4, 0.5) is 5.69 Å². The third-order valence-electron chi connectivity index (χ3n) is 4.73. The third-order valence-corrected chi connectivity index (χ3v) is 5.61. The molecule has 0 aliphatic rings. The Hall–Kier alpha value is -4.02. The van der Waals surface area contributed by atoms with Crippen LogP contribution in [0.3, 0.4) is 0 Å². The number of nitriles is 1. The molecule has 0 aliphatic carbocycles. The molecule has 0 aliphatic heterocycles. The zero-order valence-corrected chi connectivity index (χ0v) is 17.6. The Morgan fingerprint density at radius 1 is 1.13 bits per heavy atom. The molecule has 0 fully saturated rings. The predicted molar refractivity (Wildman–Crippen MR) is 121 cm³/mol. The van der Waals surface area contributed by atoms with E-state index in [1.165, 1.54) is 23.0 Å². The number of furan rings is 1. The van der Waals surface area contributed by atoms with Crippen LogP contribution in [0.2, 0.25) is 0 Å². The number of nitro benzene ring substituents is 1. The summed E-state index contributed by atoms with van der Waals surface area (Å²) in [7, 11) is 0. The van der Waals surface area contributed by atoms with E-state index in [1.54, 1.807) is 37.3 Å². The average Bonchev–Trinajstić information content (AvgIpc) is 3.42. The average molecular weight is 427 g/mol. The second kappa shape index (κ2) is 8.38. The van der Waals surface area contributed by atoms with Crippen LogP contribution in [0.25, 0.3) is 34.2 Å². The molecule has 0 N–H and O–H groups in total. The van der Waals surface area contributed by atoms with E-state index in [-0.39, 0.29) is 5.69 Å². The number of hydrogen-bond acceptors (Lipinski definition) is 6. The number of thiazole rings is 1. The predicted octanol–water partition coefficient (Wildman–Crippen LogP) is 6.66. The van der Waals surface area contributed by atoms with Gasteiger partial charge in [0.15, 0.2) is 0 Å².